The molecule has 1 aliphatic carbocycles. The van der Waals surface area contributed by atoms with E-state index in [4.69, 9.17) is 12.8 Å². The summed E-state index contributed by atoms with van der Waals surface area (Å²) in [5.74, 6) is 0.245. The van der Waals surface area contributed by atoms with Crippen LogP contribution in [0.3, 0.4) is 0 Å². The van der Waals surface area contributed by atoms with Crippen LogP contribution < -0.4 is 5.46 Å². The molecule has 0 amide bonds. The molecule has 1 aliphatic rings. The van der Waals surface area contributed by atoms with Crippen molar-refractivity contribution in [2.75, 3.05) is 0 Å². The molecule has 0 unspecified atom stereocenters. The van der Waals surface area contributed by atoms with E-state index in [1.165, 1.54) is 16.7 Å². The molecule has 174 valence electrons. The number of hydrogen-bond donors (Lipinski definition) is 0. The number of carbonyl (C=O) groups is 2. The van der Waals surface area contributed by atoms with E-state index in [-0.39, 0.29) is 17.1 Å². The van der Waals surface area contributed by atoms with E-state index in [2.05, 4.69) is 57.4 Å². The van der Waals surface area contributed by atoms with E-state index < -0.39 is 0 Å². The fourth-order valence-corrected chi connectivity index (χ4v) is 6.03. The lowest BCUT2D eigenvalue weighted by molar-refractivity contribution is 0.0990. The number of nitrogens with zero attached hydrogens (tertiary/aromatic N) is 2. The molecule has 5 rings (SSSR count). The SMILES string of the molecule is [B]c1ccc2c(c1)C(=O)/C(=C\c1cc3sc(-c4c(C(C)C)cccc4C(C)C)nc3n1CC)C2=O. The molecule has 0 saturated heterocycles. The maximum absolute atomic E-state index is 13.0. The Morgan fingerprint density at radius 1 is 0.971 bits per heavy atom. The van der Waals surface area contributed by atoms with E-state index in [1.54, 1.807) is 35.6 Å². The lowest BCUT2D eigenvalue weighted by Crippen LogP contribution is -2.05. The number of fused-ring (bicyclic) bond motifs is 2. The lowest BCUT2D eigenvalue weighted by atomic mass is 9.89. The number of thiazole rings is 1. The van der Waals surface area contributed by atoms with Crippen molar-refractivity contribution in [3.8, 4) is 10.6 Å². The number of ketones is 2. The van der Waals surface area contributed by atoms with E-state index in [0.717, 1.165) is 21.0 Å². The number of aryl methyl sites for hydroxylation is 1. The molecule has 4 nitrogen and oxygen atoms in total. The van der Waals surface area contributed by atoms with Gasteiger partial charge in [0.15, 0.2) is 17.2 Å². The van der Waals surface area contributed by atoms with Crippen molar-refractivity contribution in [1.82, 2.24) is 9.55 Å². The summed E-state index contributed by atoms with van der Waals surface area (Å²) in [5.41, 5.74) is 6.98. The molecule has 0 bridgehead atoms. The molecule has 0 N–H and O–H groups in total. The van der Waals surface area contributed by atoms with Crippen LogP contribution in [0, 0.1) is 0 Å². The molecule has 0 saturated carbocycles. The number of hydrogen-bond acceptors (Lipinski definition) is 4. The molecule has 0 spiro atoms. The van der Waals surface area contributed by atoms with Crippen molar-refractivity contribution >= 4 is 52.6 Å². The largest absolute Gasteiger partial charge is 0.325 e. The maximum atomic E-state index is 13.0. The highest BCUT2D eigenvalue weighted by molar-refractivity contribution is 7.21. The van der Waals surface area contributed by atoms with Gasteiger partial charge >= 0.3 is 0 Å². The summed E-state index contributed by atoms with van der Waals surface area (Å²) in [6, 6.07) is 13.4. The number of carbonyl (C=O) groups excluding carboxylic acids is 2. The quantitative estimate of drug-likeness (QED) is 0.193. The number of allylic oxidation sites excluding steroid dienone is 1. The van der Waals surface area contributed by atoms with E-state index in [0.29, 0.717) is 35.0 Å². The van der Waals surface area contributed by atoms with Gasteiger partial charge in [-0.05, 0) is 42.0 Å². The van der Waals surface area contributed by atoms with Crippen molar-refractivity contribution in [3.63, 3.8) is 0 Å². The van der Waals surface area contributed by atoms with Crippen LogP contribution in [-0.2, 0) is 6.54 Å². The van der Waals surface area contributed by atoms with Crippen molar-refractivity contribution in [2.24, 2.45) is 0 Å². The third kappa shape index (κ3) is 3.80. The minimum atomic E-state index is -0.273. The molecule has 2 aromatic heterocycles. The topological polar surface area (TPSA) is 52.0 Å². The van der Waals surface area contributed by atoms with Crippen LogP contribution in [0.1, 0.15) is 84.0 Å². The highest BCUT2D eigenvalue weighted by atomic mass is 32.1. The van der Waals surface area contributed by atoms with Crippen LogP contribution in [0.15, 0.2) is 48.0 Å². The van der Waals surface area contributed by atoms with Crippen LogP contribution in [-0.4, -0.2) is 29.0 Å². The van der Waals surface area contributed by atoms with E-state index in [1.807, 2.05) is 6.07 Å². The summed E-state index contributed by atoms with van der Waals surface area (Å²) in [4.78, 5) is 31.0. The van der Waals surface area contributed by atoms with Gasteiger partial charge in [-0.25, -0.2) is 4.98 Å². The highest BCUT2D eigenvalue weighted by Crippen LogP contribution is 2.41. The van der Waals surface area contributed by atoms with Crippen molar-refractivity contribution in [2.45, 2.75) is 53.0 Å². The molecular formula is C29H27BN2O2S. The summed E-state index contributed by atoms with van der Waals surface area (Å²) in [5, 5.41) is 1.01. The van der Waals surface area contributed by atoms with Crippen molar-refractivity contribution in [3.05, 3.63) is 76.0 Å². The first-order valence-electron chi connectivity index (χ1n) is 12.0. The summed E-state index contributed by atoms with van der Waals surface area (Å²) in [6.07, 6.45) is 1.71. The first kappa shape index (κ1) is 23.5. The molecule has 2 heterocycles. The van der Waals surface area contributed by atoms with Gasteiger partial charge in [0, 0.05) is 28.9 Å². The highest BCUT2D eigenvalue weighted by Gasteiger charge is 2.33. The van der Waals surface area contributed by atoms with Gasteiger partial charge < -0.3 is 4.57 Å². The van der Waals surface area contributed by atoms with Gasteiger partial charge in [0.25, 0.3) is 0 Å². The normalized spacial score (nSPS) is 14.8. The zero-order valence-corrected chi connectivity index (χ0v) is 21.5. The molecule has 4 aromatic rings. The number of Topliss-reactive ketones (excluding diaryl/α,β-unsaturated/α-hetero) is 2. The van der Waals surface area contributed by atoms with Gasteiger partial charge in [-0.2, -0.15) is 0 Å². The fourth-order valence-electron chi connectivity index (χ4n) is 4.92. The number of aromatic nitrogens is 2. The minimum absolute atomic E-state index is 0.179. The monoisotopic (exact) mass is 478 g/mol. The van der Waals surface area contributed by atoms with Crippen molar-refractivity contribution in [1.29, 1.82) is 0 Å². The Morgan fingerprint density at radius 3 is 2.26 bits per heavy atom. The van der Waals surface area contributed by atoms with Gasteiger partial charge in [-0.1, -0.05) is 69.6 Å². The average molecular weight is 478 g/mol. The van der Waals surface area contributed by atoms with Crippen LogP contribution in [0.2, 0.25) is 0 Å². The molecule has 0 atom stereocenters. The Kier molecular flexibility index (Phi) is 5.88. The van der Waals surface area contributed by atoms with Gasteiger partial charge in [-0.15, -0.1) is 11.3 Å². The van der Waals surface area contributed by atoms with Gasteiger partial charge in [0.1, 0.15) is 12.9 Å². The lowest BCUT2D eigenvalue weighted by Gasteiger charge is -2.18. The Hall–Kier alpha value is -3.25. The molecule has 35 heavy (non-hydrogen) atoms. The van der Waals surface area contributed by atoms with Crippen LogP contribution in [0.25, 0.3) is 27.0 Å². The molecule has 0 fully saturated rings. The second kappa shape index (κ2) is 8.76. The Morgan fingerprint density at radius 2 is 1.63 bits per heavy atom. The first-order chi connectivity index (χ1) is 16.7. The summed E-state index contributed by atoms with van der Waals surface area (Å²) in [7, 11) is 5.85. The second-order valence-electron chi connectivity index (χ2n) is 9.66. The predicted molar refractivity (Wildman–Crippen MR) is 145 cm³/mol. The standard InChI is InChI=1S/C29H27BN2O2S/c1-6-32-18(13-23-26(33)21-11-10-17(30)12-22(21)27(23)34)14-24-28(32)31-29(35-24)25-19(15(2)3)8-7-9-20(25)16(4)5/h7-16H,6H2,1-5H3/b23-13-. The Labute approximate surface area is 211 Å². The van der Waals surface area contributed by atoms with Gasteiger partial charge in [-0.3, -0.25) is 9.59 Å². The number of benzene rings is 2. The smallest absolute Gasteiger partial charge is 0.197 e. The molecule has 6 heteroatoms. The second-order valence-corrected chi connectivity index (χ2v) is 10.7. The molecule has 0 aliphatic heterocycles. The Bertz CT molecular complexity index is 1510. The zero-order valence-electron chi connectivity index (χ0n) is 20.7. The fraction of sp³-hybridized carbons (Fsp3) is 0.276. The van der Waals surface area contributed by atoms with E-state index in [9.17, 15) is 9.59 Å². The molecule has 2 radical (unpaired) electrons. The third-order valence-electron chi connectivity index (χ3n) is 6.70. The third-order valence-corrected chi connectivity index (χ3v) is 7.71. The molecular weight excluding hydrogens is 451 g/mol. The predicted octanol–water partition coefficient (Wildman–Crippen LogP) is 6.29. The maximum Gasteiger partial charge on any atom is 0.197 e. The Balaban J connectivity index is 1.63. The summed E-state index contributed by atoms with van der Waals surface area (Å²) >= 11 is 1.67. The van der Waals surface area contributed by atoms with Crippen molar-refractivity contribution < 1.29 is 9.59 Å². The van der Waals surface area contributed by atoms with Gasteiger partial charge in [0.05, 0.1) is 10.3 Å². The number of rotatable bonds is 5. The van der Waals surface area contributed by atoms with E-state index >= 15 is 0 Å². The average Bonchev–Trinajstić information content (AvgIpc) is 3.44. The summed E-state index contributed by atoms with van der Waals surface area (Å²) < 4.78 is 3.12. The summed E-state index contributed by atoms with van der Waals surface area (Å²) in [6.45, 7) is 11.6. The minimum Gasteiger partial charge on any atom is -0.325 e. The molecule has 2 aromatic carbocycles. The van der Waals surface area contributed by atoms with Gasteiger partial charge in [0.2, 0.25) is 0 Å². The zero-order chi connectivity index (χ0) is 25.0. The first-order valence-corrected chi connectivity index (χ1v) is 12.9. The van der Waals surface area contributed by atoms with Crippen LogP contribution in [0.5, 0.6) is 0 Å². The van der Waals surface area contributed by atoms with Crippen LogP contribution >= 0.6 is 11.3 Å². The van der Waals surface area contributed by atoms with Crippen LogP contribution in [0.4, 0.5) is 0 Å².